The molecule has 0 spiro atoms. The summed E-state index contributed by atoms with van der Waals surface area (Å²) >= 11 is 0. The van der Waals surface area contributed by atoms with Gasteiger partial charge in [-0.05, 0) is 54.5 Å². The summed E-state index contributed by atoms with van der Waals surface area (Å²) in [6.07, 6.45) is 2.73. The molecule has 4 N–H and O–H groups in total. The summed E-state index contributed by atoms with van der Waals surface area (Å²) in [7, 11) is 0. The molecule has 3 aromatic rings. The van der Waals surface area contributed by atoms with Crippen LogP contribution in [0.1, 0.15) is 27.0 Å². The van der Waals surface area contributed by atoms with Gasteiger partial charge in [0.05, 0.1) is 6.21 Å². The SMILES string of the molecule is Cc1cc(O)cc(O)c1/C=N/NC(=O)/C(=C\c1ccc2c(c1)OCO2)NC(=O)c1ccccc1. The van der Waals surface area contributed by atoms with Crippen LogP contribution in [0.3, 0.4) is 0 Å². The smallest absolute Gasteiger partial charge is 0.287 e. The fraction of sp³-hybridized carbons (Fsp3) is 0.0800. The predicted molar refractivity (Wildman–Crippen MR) is 125 cm³/mol. The highest BCUT2D eigenvalue weighted by molar-refractivity contribution is 6.05. The van der Waals surface area contributed by atoms with Gasteiger partial charge in [-0.1, -0.05) is 24.3 Å². The second-order valence-electron chi connectivity index (χ2n) is 7.39. The van der Waals surface area contributed by atoms with Crippen LogP contribution in [0, 0.1) is 6.92 Å². The quantitative estimate of drug-likeness (QED) is 0.255. The normalized spacial score (nSPS) is 12.6. The van der Waals surface area contributed by atoms with Crippen LogP contribution in [0.4, 0.5) is 0 Å². The molecule has 1 aliphatic heterocycles. The van der Waals surface area contributed by atoms with Gasteiger partial charge in [0.25, 0.3) is 11.8 Å². The van der Waals surface area contributed by atoms with Crippen molar-refractivity contribution >= 4 is 24.1 Å². The maximum atomic E-state index is 12.9. The lowest BCUT2D eigenvalue weighted by Gasteiger charge is -2.10. The number of aromatic hydroxyl groups is 2. The highest BCUT2D eigenvalue weighted by Crippen LogP contribution is 2.33. The minimum atomic E-state index is -0.686. The molecule has 2 amide bonds. The number of hydrazone groups is 1. The molecule has 0 bridgehead atoms. The number of phenolic OH excluding ortho intramolecular Hbond substituents is 2. The summed E-state index contributed by atoms with van der Waals surface area (Å²) in [5.41, 5.74) is 4.15. The summed E-state index contributed by atoms with van der Waals surface area (Å²) in [6.45, 7) is 1.78. The number of aryl methyl sites for hydroxylation is 1. The molecule has 9 nitrogen and oxygen atoms in total. The van der Waals surface area contributed by atoms with Crippen molar-refractivity contribution in [3.8, 4) is 23.0 Å². The number of nitrogens with zero attached hydrogens (tertiary/aromatic N) is 1. The fourth-order valence-electron chi connectivity index (χ4n) is 3.26. The first-order chi connectivity index (χ1) is 16.4. The van der Waals surface area contributed by atoms with E-state index in [0.717, 1.165) is 0 Å². The first-order valence-corrected chi connectivity index (χ1v) is 10.2. The average molecular weight is 459 g/mol. The van der Waals surface area contributed by atoms with Crippen molar-refractivity contribution in [3.05, 3.63) is 88.6 Å². The summed E-state index contributed by atoms with van der Waals surface area (Å²) in [5.74, 6) is -0.324. The number of rotatable bonds is 6. The zero-order chi connectivity index (χ0) is 24.1. The van der Waals surface area contributed by atoms with Crippen molar-refractivity contribution in [2.75, 3.05) is 6.79 Å². The maximum Gasteiger partial charge on any atom is 0.287 e. The highest BCUT2D eigenvalue weighted by Gasteiger charge is 2.17. The second-order valence-corrected chi connectivity index (χ2v) is 7.39. The number of hydrogen-bond acceptors (Lipinski definition) is 7. The summed E-state index contributed by atoms with van der Waals surface area (Å²) in [6, 6.07) is 16.2. The van der Waals surface area contributed by atoms with E-state index < -0.39 is 11.8 Å². The van der Waals surface area contributed by atoms with Gasteiger partial charge in [0.15, 0.2) is 11.5 Å². The van der Waals surface area contributed by atoms with Crippen molar-refractivity contribution in [1.29, 1.82) is 0 Å². The van der Waals surface area contributed by atoms with Crippen LogP contribution < -0.4 is 20.2 Å². The molecular weight excluding hydrogens is 438 g/mol. The molecule has 34 heavy (non-hydrogen) atoms. The highest BCUT2D eigenvalue weighted by atomic mass is 16.7. The van der Waals surface area contributed by atoms with Crippen LogP contribution in [0.5, 0.6) is 23.0 Å². The maximum absolute atomic E-state index is 12.9. The molecule has 9 heteroatoms. The van der Waals surface area contributed by atoms with E-state index in [1.54, 1.807) is 55.5 Å². The molecule has 0 saturated carbocycles. The van der Waals surface area contributed by atoms with Crippen molar-refractivity contribution in [3.63, 3.8) is 0 Å². The van der Waals surface area contributed by atoms with E-state index in [1.165, 1.54) is 24.4 Å². The van der Waals surface area contributed by atoms with Crippen molar-refractivity contribution in [2.45, 2.75) is 6.92 Å². The lowest BCUT2D eigenvalue weighted by Crippen LogP contribution is -2.32. The van der Waals surface area contributed by atoms with Gasteiger partial charge < -0.3 is 25.0 Å². The Morgan fingerprint density at radius 1 is 1.00 bits per heavy atom. The molecule has 4 rings (SSSR count). The Hall–Kier alpha value is -4.79. The molecule has 0 radical (unpaired) electrons. The van der Waals surface area contributed by atoms with Gasteiger partial charge in [0.1, 0.15) is 17.2 Å². The summed E-state index contributed by atoms with van der Waals surface area (Å²) in [4.78, 5) is 25.6. The van der Waals surface area contributed by atoms with E-state index in [-0.39, 0.29) is 24.0 Å². The third-order valence-corrected chi connectivity index (χ3v) is 4.95. The molecule has 3 aromatic carbocycles. The van der Waals surface area contributed by atoms with E-state index in [2.05, 4.69) is 15.8 Å². The van der Waals surface area contributed by atoms with Gasteiger partial charge in [-0.25, -0.2) is 5.43 Å². The molecule has 0 unspecified atom stereocenters. The number of hydrogen-bond donors (Lipinski definition) is 4. The molecule has 0 fully saturated rings. The molecular formula is C25H21N3O6. The van der Waals surface area contributed by atoms with Gasteiger partial charge in [0, 0.05) is 17.2 Å². The second kappa shape index (κ2) is 9.78. The molecule has 172 valence electrons. The van der Waals surface area contributed by atoms with Crippen molar-refractivity contribution in [2.24, 2.45) is 5.10 Å². The Kier molecular flexibility index (Phi) is 6.45. The number of nitrogens with one attached hydrogen (secondary N) is 2. The van der Waals surface area contributed by atoms with Gasteiger partial charge in [-0.2, -0.15) is 5.10 Å². The monoisotopic (exact) mass is 459 g/mol. The Labute approximate surface area is 195 Å². The predicted octanol–water partition coefficient (Wildman–Crippen LogP) is 3.06. The number of carbonyl (C=O) groups excluding carboxylic acids is 2. The average Bonchev–Trinajstić information content (AvgIpc) is 3.28. The van der Waals surface area contributed by atoms with Crippen LogP contribution in [0.2, 0.25) is 0 Å². The summed E-state index contributed by atoms with van der Waals surface area (Å²) < 4.78 is 10.7. The number of phenols is 2. The first-order valence-electron chi connectivity index (χ1n) is 10.2. The summed E-state index contributed by atoms with van der Waals surface area (Å²) in [5, 5.41) is 26.1. The zero-order valence-electron chi connectivity index (χ0n) is 18.1. The molecule has 1 aliphatic rings. The number of amides is 2. The van der Waals surface area contributed by atoms with Crippen molar-refractivity contribution in [1.82, 2.24) is 10.7 Å². The lowest BCUT2D eigenvalue weighted by atomic mass is 10.1. The molecule has 0 aliphatic carbocycles. The molecule has 1 heterocycles. The van der Waals surface area contributed by atoms with Crippen LogP contribution in [-0.2, 0) is 4.79 Å². The Morgan fingerprint density at radius 2 is 1.76 bits per heavy atom. The van der Waals surface area contributed by atoms with Gasteiger partial charge in [-0.3, -0.25) is 9.59 Å². The van der Waals surface area contributed by atoms with E-state index in [1.807, 2.05) is 0 Å². The minimum absolute atomic E-state index is 0.0588. The van der Waals surface area contributed by atoms with Crippen LogP contribution >= 0.6 is 0 Å². The van der Waals surface area contributed by atoms with Gasteiger partial charge >= 0.3 is 0 Å². The Bertz CT molecular complexity index is 1280. The molecule has 0 atom stereocenters. The van der Waals surface area contributed by atoms with Crippen LogP contribution in [-0.4, -0.2) is 35.0 Å². The molecule has 0 aromatic heterocycles. The standard InChI is InChI=1S/C25H21N3O6/c1-15-9-18(29)12-21(30)19(15)13-26-28-25(32)20(27-24(31)17-5-3-2-4-6-17)10-16-7-8-22-23(11-16)34-14-33-22/h2-13,29-30H,14H2,1H3,(H,27,31)(H,28,32)/b20-10+,26-13+. The van der Waals surface area contributed by atoms with Gasteiger partial charge in [-0.15, -0.1) is 0 Å². The third kappa shape index (κ3) is 5.16. The lowest BCUT2D eigenvalue weighted by molar-refractivity contribution is -0.117. The Balaban J connectivity index is 1.58. The van der Waals surface area contributed by atoms with E-state index >= 15 is 0 Å². The third-order valence-electron chi connectivity index (χ3n) is 4.95. The minimum Gasteiger partial charge on any atom is -0.508 e. The van der Waals surface area contributed by atoms with E-state index in [4.69, 9.17) is 9.47 Å². The van der Waals surface area contributed by atoms with Crippen LogP contribution in [0.25, 0.3) is 6.08 Å². The number of benzene rings is 3. The number of ether oxygens (including phenoxy) is 2. The van der Waals surface area contributed by atoms with Crippen molar-refractivity contribution < 1.29 is 29.3 Å². The van der Waals surface area contributed by atoms with Gasteiger partial charge in [0.2, 0.25) is 6.79 Å². The number of carbonyl (C=O) groups is 2. The number of fused-ring (bicyclic) bond motifs is 1. The molecule has 0 saturated heterocycles. The van der Waals surface area contributed by atoms with Crippen LogP contribution in [0.15, 0.2) is 71.5 Å². The fourth-order valence-corrected chi connectivity index (χ4v) is 3.26. The first kappa shape index (κ1) is 22.4. The Morgan fingerprint density at radius 3 is 2.53 bits per heavy atom. The zero-order valence-corrected chi connectivity index (χ0v) is 18.1. The largest absolute Gasteiger partial charge is 0.508 e. The van der Waals surface area contributed by atoms with E-state index in [0.29, 0.717) is 33.8 Å². The van der Waals surface area contributed by atoms with E-state index in [9.17, 15) is 19.8 Å². The topological polar surface area (TPSA) is 129 Å².